The number of halogens is 4. The van der Waals surface area contributed by atoms with Crippen LogP contribution in [0.3, 0.4) is 0 Å². The fraction of sp³-hybridized carbons (Fsp3) is 0.115. The number of amides is 1. The number of carbonyl (C=O) groups excluding carboxylic acids is 1. The lowest BCUT2D eigenvalue weighted by molar-refractivity contribution is -0.192. The van der Waals surface area contributed by atoms with Crippen LogP contribution in [0.25, 0.3) is 10.8 Å². The Balaban J connectivity index is 0.000000479. The molecule has 0 aliphatic heterocycles. The second-order valence-electron chi connectivity index (χ2n) is 7.60. The number of benzene rings is 3. The van der Waals surface area contributed by atoms with Crippen molar-refractivity contribution in [2.24, 2.45) is 0 Å². The Labute approximate surface area is 222 Å². The average Bonchev–Trinajstić information content (AvgIpc) is 2.87. The van der Waals surface area contributed by atoms with Gasteiger partial charge in [0.1, 0.15) is 0 Å². The SMILES string of the molecule is O=C(Nc1ccc2cnccc2c1)c1ccc(SCC(O)c2ccc(Br)cc2)cc1.O=C(O)C(F)(F)F. The van der Waals surface area contributed by atoms with Gasteiger partial charge in [-0.2, -0.15) is 13.2 Å². The van der Waals surface area contributed by atoms with E-state index in [-0.39, 0.29) is 5.91 Å². The Kier molecular flexibility index (Phi) is 9.67. The first-order chi connectivity index (χ1) is 17.5. The van der Waals surface area contributed by atoms with E-state index in [1.54, 1.807) is 36.3 Å². The Morgan fingerprint density at radius 1 is 0.973 bits per heavy atom. The van der Waals surface area contributed by atoms with Gasteiger partial charge in [-0.15, -0.1) is 11.8 Å². The first-order valence-electron chi connectivity index (χ1n) is 10.6. The summed E-state index contributed by atoms with van der Waals surface area (Å²) in [5.74, 6) is -2.37. The molecule has 0 bridgehead atoms. The largest absolute Gasteiger partial charge is 0.490 e. The molecule has 192 valence electrons. The molecule has 0 aliphatic rings. The highest BCUT2D eigenvalue weighted by atomic mass is 79.9. The number of rotatable bonds is 6. The van der Waals surface area contributed by atoms with Gasteiger partial charge in [-0.1, -0.05) is 34.1 Å². The van der Waals surface area contributed by atoms with E-state index in [1.165, 1.54) is 0 Å². The van der Waals surface area contributed by atoms with Crippen LogP contribution in [0.2, 0.25) is 0 Å². The van der Waals surface area contributed by atoms with E-state index in [9.17, 15) is 23.1 Å². The number of aliphatic carboxylic acids is 1. The number of thioether (sulfide) groups is 1. The molecule has 1 amide bonds. The van der Waals surface area contributed by atoms with Crippen LogP contribution in [0.5, 0.6) is 0 Å². The standard InChI is InChI=1S/C24H19BrN2O2S.C2HF3O2/c25-20-6-1-16(2-7-20)23(28)15-30-22-9-4-17(5-10-22)24(29)27-21-8-3-19-14-26-12-11-18(19)13-21;3-2(4,5)1(6)7/h1-14,23,28H,15H2,(H,27,29);(H,6,7). The quantitative estimate of drug-likeness (QED) is 0.215. The summed E-state index contributed by atoms with van der Waals surface area (Å²) >= 11 is 4.95. The first-order valence-corrected chi connectivity index (χ1v) is 12.4. The predicted octanol–water partition coefficient (Wildman–Crippen LogP) is 6.71. The predicted molar refractivity (Wildman–Crippen MR) is 140 cm³/mol. The number of carboxylic acid groups (broad SMARTS) is 1. The molecule has 11 heteroatoms. The number of alkyl halides is 3. The lowest BCUT2D eigenvalue weighted by Crippen LogP contribution is -2.21. The van der Waals surface area contributed by atoms with Crippen molar-refractivity contribution in [3.05, 3.63) is 101 Å². The lowest BCUT2D eigenvalue weighted by Gasteiger charge is -2.11. The van der Waals surface area contributed by atoms with Gasteiger partial charge < -0.3 is 15.5 Å². The number of hydrogen-bond donors (Lipinski definition) is 3. The number of carbonyl (C=O) groups is 2. The van der Waals surface area contributed by atoms with Crippen LogP contribution in [-0.2, 0) is 4.79 Å². The summed E-state index contributed by atoms with van der Waals surface area (Å²) in [6.07, 6.45) is -2.10. The second-order valence-corrected chi connectivity index (χ2v) is 9.61. The number of anilines is 1. The third-order valence-electron chi connectivity index (χ3n) is 4.92. The van der Waals surface area contributed by atoms with Crippen molar-refractivity contribution < 1.29 is 33.0 Å². The average molecular weight is 593 g/mol. The molecule has 1 unspecified atom stereocenters. The maximum Gasteiger partial charge on any atom is 0.490 e. The zero-order valence-corrected chi connectivity index (χ0v) is 21.3. The van der Waals surface area contributed by atoms with Gasteiger partial charge in [-0.3, -0.25) is 9.78 Å². The number of hydrogen-bond acceptors (Lipinski definition) is 5. The van der Waals surface area contributed by atoms with Crippen molar-refractivity contribution in [1.82, 2.24) is 4.98 Å². The Hall–Kier alpha value is -3.41. The van der Waals surface area contributed by atoms with E-state index >= 15 is 0 Å². The van der Waals surface area contributed by atoms with E-state index in [0.717, 1.165) is 31.4 Å². The van der Waals surface area contributed by atoms with Crippen molar-refractivity contribution in [3.63, 3.8) is 0 Å². The molecule has 0 saturated carbocycles. The normalized spacial score (nSPS) is 11.8. The van der Waals surface area contributed by atoms with E-state index in [0.29, 0.717) is 11.3 Å². The van der Waals surface area contributed by atoms with Crippen LogP contribution < -0.4 is 5.32 Å². The first kappa shape index (κ1) is 28.2. The molecular formula is C26H20BrF3N2O4S. The number of fused-ring (bicyclic) bond motifs is 1. The Bertz CT molecular complexity index is 1370. The number of carboxylic acids is 1. The Morgan fingerprint density at radius 2 is 1.62 bits per heavy atom. The van der Waals surface area contributed by atoms with Gasteiger partial charge in [0.25, 0.3) is 5.91 Å². The van der Waals surface area contributed by atoms with E-state index in [2.05, 4.69) is 26.2 Å². The molecule has 6 nitrogen and oxygen atoms in total. The minimum Gasteiger partial charge on any atom is -0.475 e. The van der Waals surface area contributed by atoms with Gasteiger partial charge in [-0.25, -0.2) is 4.79 Å². The van der Waals surface area contributed by atoms with E-state index < -0.39 is 18.2 Å². The van der Waals surface area contributed by atoms with Crippen LogP contribution in [-0.4, -0.2) is 39.0 Å². The molecule has 0 saturated heterocycles. The van der Waals surface area contributed by atoms with E-state index in [1.807, 2.05) is 60.7 Å². The highest BCUT2D eigenvalue weighted by molar-refractivity contribution is 9.10. The maximum absolute atomic E-state index is 12.6. The van der Waals surface area contributed by atoms with Crippen LogP contribution in [0.4, 0.5) is 18.9 Å². The zero-order valence-electron chi connectivity index (χ0n) is 18.9. The number of aliphatic hydroxyl groups is 1. The summed E-state index contributed by atoms with van der Waals surface area (Å²) in [6, 6.07) is 22.7. The third-order valence-corrected chi connectivity index (χ3v) is 6.54. The molecule has 0 fully saturated rings. The van der Waals surface area contributed by atoms with Crippen LogP contribution in [0.1, 0.15) is 22.0 Å². The molecular weight excluding hydrogens is 573 g/mol. The number of aliphatic hydroxyl groups excluding tert-OH is 1. The molecule has 1 heterocycles. The molecule has 4 aromatic rings. The highest BCUT2D eigenvalue weighted by Crippen LogP contribution is 2.26. The summed E-state index contributed by atoms with van der Waals surface area (Å²) in [4.78, 5) is 26.6. The lowest BCUT2D eigenvalue weighted by atomic mass is 10.1. The smallest absolute Gasteiger partial charge is 0.475 e. The molecule has 1 aromatic heterocycles. The van der Waals surface area contributed by atoms with Crippen LogP contribution >= 0.6 is 27.7 Å². The van der Waals surface area contributed by atoms with Gasteiger partial charge in [-0.05, 0) is 65.5 Å². The molecule has 1 atom stereocenters. The number of nitrogens with one attached hydrogen (secondary N) is 1. The highest BCUT2D eigenvalue weighted by Gasteiger charge is 2.38. The molecule has 0 aliphatic carbocycles. The summed E-state index contributed by atoms with van der Waals surface area (Å²) in [7, 11) is 0. The molecule has 3 N–H and O–H groups in total. The molecule has 0 spiro atoms. The molecule has 37 heavy (non-hydrogen) atoms. The van der Waals surface area contributed by atoms with E-state index in [4.69, 9.17) is 9.90 Å². The van der Waals surface area contributed by atoms with Crippen molar-refractivity contribution in [3.8, 4) is 0 Å². The topological polar surface area (TPSA) is 99.5 Å². The minimum atomic E-state index is -5.08. The van der Waals surface area contributed by atoms with Gasteiger partial charge in [0.15, 0.2) is 0 Å². The van der Waals surface area contributed by atoms with Gasteiger partial charge in [0.05, 0.1) is 6.10 Å². The van der Waals surface area contributed by atoms with Crippen molar-refractivity contribution in [2.45, 2.75) is 17.2 Å². The van der Waals surface area contributed by atoms with Crippen molar-refractivity contribution in [2.75, 3.05) is 11.1 Å². The summed E-state index contributed by atoms with van der Waals surface area (Å²) in [5, 5.41) is 22.5. The van der Waals surface area contributed by atoms with Gasteiger partial charge >= 0.3 is 12.1 Å². The third kappa shape index (κ3) is 8.59. The minimum absolute atomic E-state index is 0.158. The van der Waals surface area contributed by atoms with Gasteiger partial charge in [0.2, 0.25) is 0 Å². The number of aromatic nitrogens is 1. The maximum atomic E-state index is 12.6. The van der Waals surface area contributed by atoms with Gasteiger partial charge in [0, 0.05) is 44.2 Å². The van der Waals surface area contributed by atoms with Crippen LogP contribution in [0.15, 0.2) is 94.6 Å². The molecule has 3 aromatic carbocycles. The summed E-state index contributed by atoms with van der Waals surface area (Å²) in [5.41, 5.74) is 2.21. The zero-order chi connectivity index (χ0) is 27.0. The fourth-order valence-electron chi connectivity index (χ4n) is 3.02. The van der Waals surface area contributed by atoms with Crippen molar-refractivity contribution >= 4 is 56.0 Å². The summed E-state index contributed by atoms with van der Waals surface area (Å²) in [6.45, 7) is 0. The number of pyridine rings is 1. The second kappa shape index (κ2) is 12.7. The number of nitrogens with zero attached hydrogens (tertiary/aromatic N) is 1. The summed E-state index contributed by atoms with van der Waals surface area (Å²) < 4.78 is 32.7. The Morgan fingerprint density at radius 3 is 2.24 bits per heavy atom. The monoisotopic (exact) mass is 592 g/mol. The van der Waals surface area contributed by atoms with Crippen LogP contribution in [0, 0.1) is 0 Å². The molecule has 4 rings (SSSR count). The van der Waals surface area contributed by atoms with Crippen molar-refractivity contribution in [1.29, 1.82) is 0 Å². The molecule has 0 radical (unpaired) electrons. The fourth-order valence-corrected chi connectivity index (χ4v) is 4.16.